The molecule has 3 rings (SSSR count). The number of amides is 4. The van der Waals surface area contributed by atoms with Crippen LogP contribution < -0.4 is 15.0 Å². The van der Waals surface area contributed by atoms with E-state index in [4.69, 9.17) is 4.74 Å². The molecular weight excluding hydrogens is 320 g/mol. The summed E-state index contributed by atoms with van der Waals surface area (Å²) in [6.45, 7) is 1.79. The molecule has 4 amide bonds. The van der Waals surface area contributed by atoms with Gasteiger partial charge < -0.3 is 4.74 Å². The lowest BCUT2D eigenvalue weighted by Crippen LogP contribution is -2.54. The Hall–Kier alpha value is -3.41. The zero-order chi connectivity index (χ0) is 18.0. The largest absolute Gasteiger partial charge is 0.496 e. The highest BCUT2D eigenvalue weighted by molar-refractivity contribution is 6.39. The number of imide groups is 2. The van der Waals surface area contributed by atoms with E-state index in [0.29, 0.717) is 17.0 Å². The lowest BCUT2D eigenvalue weighted by Gasteiger charge is -2.27. The molecule has 1 N–H and O–H groups in total. The highest BCUT2D eigenvalue weighted by Gasteiger charge is 2.37. The molecule has 126 valence electrons. The van der Waals surface area contributed by atoms with Crippen molar-refractivity contribution in [1.82, 2.24) is 5.32 Å². The fourth-order valence-corrected chi connectivity index (χ4v) is 2.63. The number of carbonyl (C=O) groups excluding carboxylic acids is 3. The Kier molecular flexibility index (Phi) is 4.35. The predicted molar refractivity (Wildman–Crippen MR) is 93.2 cm³/mol. The van der Waals surface area contributed by atoms with E-state index >= 15 is 0 Å². The topological polar surface area (TPSA) is 75.7 Å². The monoisotopic (exact) mass is 336 g/mol. The number of benzene rings is 2. The normalized spacial score (nSPS) is 16.2. The maximum atomic E-state index is 12.8. The van der Waals surface area contributed by atoms with Crippen molar-refractivity contribution in [2.24, 2.45) is 0 Å². The number of methoxy groups -OCH3 is 1. The van der Waals surface area contributed by atoms with Crippen LogP contribution in [-0.2, 0) is 9.59 Å². The molecule has 0 unspecified atom stereocenters. The number of urea groups is 1. The molecule has 25 heavy (non-hydrogen) atoms. The molecule has 0 aromatic heterocycles. The van der Waals surface area contributed by atoms with Gasteiger partial charge in [0.1, 0.15) is 11.3 Å². The van der Waals surface area contributed by atoms with Crippen molar-refractivity contribution in [1.29, 1.82) is 0 Å². The molecule has 6 heteroatoms. The Labute approximate surface area is 144 Å². The molecule has 1 aliphatic heterocycles. The lowest BCUT2D eigenvalue weighted by molar-refractivity contribution is -0.122. The summed E-state index contributed by atoms with van der Waals surface area (Å²) in [5.41, 5.74) is 1.62. The van der Waals surface area contributed by atoms with Gasteiger partial charge in [-0.3, -0.25) is 14.9 Å². The minimum absolute atomic E-state index is 0.132. The van der Waals surface area contributed by atoms with Crippen LogP contribution >= 0.6 is 0 Å². The van der Waals surface area contributed by atoms with Gasteiger partial charge in [0, 0.05) is 5.56 Å². The first-order chi connectivity index (χ1) is 12.0. The van der Waals surface area contributed by atoms with Gasteiger partial charge in [0.2, 0.25) is 0 Å². The minimum atomic E-state index is -0.763. The summed E-state index contributed by atoms with van der Waals surface area (Å²) in [5.74, 6) is -0.880. The van der Waals surface area contributed by atoms with Crippen LogP contribution in [0.2, 0.25) is 0 Å². The van der Waals surface area contributed by atoms with Crippen LogP contribution in [0.5, 0.6) is 5.75 Å². The van der Waals surface area contributed by atoms with Crippen molar-refractivity contribution in [2.75, 3.05) is 12.0 Å². The fraction of sp³-hybridized carbons (Fsp3) is 0.105. The summed E-state index contributed by atoms with van der Waals surface area (Å²) < 4.78 is 5.24. The summed E-state index contributed by atoms with van der Waals surface area (Å²) in [7, 11) is 1.50. The molecule has 0 aliphatic carbocycles. The summed E-state index contributed by atoms with van der Waals surface area (Å²) in [6.07, 6.45) is 1.42. The highest BCUT2D eigenvalue weighted by Crippen LogP contribution is 2.26. The number of aryl methyl sites for hydroxylation is 1. The predicted octanol–water partition coefficient (Wildman–Crippen LogP) is 2.67. The standard InChI is InChI=1S/C19H16N2O4/c1-12-7-3-5-9-15(12)21-18(23)14(17(22)20-19(21)24)11-13-8-4-6-10-16(13)25-2/h3-11H,1-2H3,(H,20,22,24)/b14-11-. The molecule has 0 atom stereocenters. The van der Waals surface area contributed by atoms with Crippen LogP contribution in [0.25, 0.3) is 6.08 Å². The molecule has 6 nitrogen and oxygen atoms in total. The molecular formula is C19H16N2O4. The third-order valence-corrected chi connectivity index (χ3v) is 3.90. The van der Waals surface area contributed by atoms with Gasteiger partial charge in [-0.05, 0) is 30.7 Å². The lowest BCUT2D eigenvalue weighted by atomic mass is 10.1. The van der Waals surface area contributed by atoms with Gasteiger partial charge in [0.15, 0.2) is 0 Å². The number of para-hydroxylation sites is 2. The Bertz CT molecular complexity index is 902. The third kappa shape index (κ3) is 3.01. The zero-order valence-corrected chi connectivity index (χ0v) is 13.8. The second kappa shape index (κ2) is 6.60. The smallest absolute Gasteiger partial charge is 0.335 e. The third-order valence-electron chi connectivity index (χ3n) is 3.90. The van der Waals surface area contributed by atoms with E-state index in [1.54, 1.807) is 49.4 Å². The Morgan fingerprint density at radius 1 is 1.00 bits per heavy atom. The molecule has 0 saturated carbocycles. The van der Waals surface area contributed by atoms with E-state index in [2.05, 4.69) is 5.32 Å². The SMILES string of the molecule is COc1ccccc1/C=C1/C(=O)NC(=O)N(c2ccccc2C)C1=O. The minimum Gasteiger partial charge on any atom is -0.496 e. The number of hydrogen-bond donors (Lipinski definition) is 1. The van der Waals surface area contributed by atoms with Crippen molar-refractivity contribution in [2.45, 2.75) is 6.92 Å². The van der Waals surface area contributed by atoms with Crippen molar-refractivity contribution >= 4 is 29.6 Å². The first-order valence-electron chi connectivity index (χ1n) is 7.63. The van der Waals surface area contributed by atoms with Gasteiger partial charge in [0.05, 0.1) is 12.8 Å². The average Bonchev–Trinajstić information content (AvgIpc) is 2.60. The second-order valence-electron chi connectivity index (χ2n) is 5.49. The van der Waals surface area contributed by atoms with E-state index in [9.17, 15) is 14.4 Å². The van der Waals surface area contributed by atoms with Crippen LogP contribution in [0.1, 0.15) is 11.1 Å². The molecule has 0 radical (unpaired) electrons. The van der Waals surface area contributed by atoms with E-state index in [0.717, 1.165) is 10.5 Å². The molecule has 0 spiro atoms. The van der Waals surface area contributed by atoms with Crippen molar-refractivity contribution < 1.29 is 19.1 Å². The Morgan fingerprint density at radius 3 is 2.40 bits per heavy atom. The van der Waals surface area contributed by atoms with Crippen LogP contribution in [-0.4, -0.2) is 25.0 Å². The van der Waals surface area contributed by atoms with E-state index in [1.165, 1.54) is 13.2 Å². The van der Waals surface area contributed by atoms with Crippen LogP contribution in [0.3, 0.4) is 0 Å². The number of carbonyl (C=O) groups is 3. The summed E-state index contributed by atoms with van der Waals surface area (Å²) >= 11 is 0. The molecule has 1 heterocycles. The molecule has 1 fully saturated rings. The molecule has 0 bridgehead atoms. The van der Waals surface area contributed by atoms with Gasteiger partial charge >= 0.3 is 6.03 Å². The first kappa shape index (κ1) is 16.4. The number of anilines is 1. The summed E-state index contributed by atoms with van der Waals surface area (Å²) in [5, 5.41) is 2.21. The van der Waals surface area contributed by atoms with Gasteiger partial charge in [-0.1, -0.05) is 36.4 Å². The van der Waals surface area contributed by atoms with E-state index in [1.807, 2.05) is 6.07 Å². The van der Waals surface area contributed by atoms with Crippen molar-refractivity contribution in [3.63, 3.8) is 0 Å². The zero-order valence-electron chi connectivity index (χ0n) is 13.8. The fourth-order valence-electron chi connectivity index (χ4n) is 2.63. The Morgan fingerprint density at radius 2 is 1.68 bits per heavy atom. The number of barbiturate groups is 1. The average molecular weight is 336 g/mol. The van der Waals surface area contributed by atoms with Gasteiger partial charge in [0.25, 0.3) is 11.8 Å². The molecule has 1 saturated heterocycles. The molecule has 2 aromatic carbocycles. The van der Waals surface area contributed by atoms with Crippen molar-refractivity contribution in [3.8, 4) is 5.75 Å². The number of nitrogens with zero attached hydrogens (tertiary/aromatic N) is 1. The van der Waals surface area contributed by atoms with Gasteiger partial charge in [-0.2, -0.15) is 0 Å². The van der Waals surface area contributed by atoms with Gasteiger partial charge in [-0.25, -0.2) is 9.69 Å². The van der Waals surface area contributed by atoms with E-state index < -0.39 is 17.8 Å². The Balaban J connectivity index is 2.07. The van der Waals surface area contributed by atoms with Crippen LogP contribution in [0, 0.1) is 6.92 Å². The highest BCUT2D eigenvalue weighted by atomic mass is 16.5. The van der Waals surface area contributed by atoms with Crippen LogP contribution in [0.4, 0.5) is 10.5 Å². The number of rotatable bonds is 3. The molecule has 1 aliphatic rings. The summed E-state index contributed by atoms with van der Waals surface area (Å²) in [6, 6.07) is 13.2. The summed E-state index contributed by atoms with van der Waals surface area (Å²) in [4.78, 5) is 38.2. The number of hydrogen-bond acceptors (Lipinski definition) is 4. The second-order valence-corrected chi connectivity index (χ2v) is 5.49. The maximum Gasteiger partial charge on any atom is 0.335 e. The first-order valence-corrected chi connectivity index (χ1v) is 7.63. The molecule has 2 aromatic rings. The van der Waals surface area contributed by atoms with Gasteiger partial charge in [-0.15, -0.1) is 0 Å². The van der Waals surface area contributed by atoms with Crippen molar-refractivity contribution in [3.05, 3.63) is 65.2 Å². The quantitative estimate of drug-likeness (QED) is 0.691. The number of nitrogens with one attached hydrogen (secondary N) is 1. The van der Waals surface area contributed by atoms with Crippen LogP contribution in [0.15, 0.2) is 54.1 Å². The van der Waals surface area contributed by atoms with E-state index in [-0.39, 0.29) is 5.57 Å². The number of ether oxygens (including phenoxy) is 1. The maximum absolute atomic E-state index is 12.8.